The zero-order valence-corrected chi connectivity index (χ0v) is 17.7. The lowest BCUT2D eigenvalue weighted by molar-refractivity contribution is -0.119. The third kappa shape index (κ3) is 5.66. The number of rotatable bonds is 7. The van der Waals surface area contributed by atoms with Crippen LogP contribution in [-0.4, -0.2) is 33.3 Å². The van der Waals surface area contributed by atoms with E-state index in [4.69, 9.17) is 0 Å². The molecule has 0 atom stereocenters. The van der Waals surface area contributed by atoms with E-state index in [2.05, 4.69) is 24.4 Å². The van der Waals surface area contributed by atoms with Gasteiger partial charge in [-0.05, 0) is 48.1 Å². The Morgan fingerprint density at radius 1 is 1.14 bits per heavy atom. The minimum Gasteiger partial charge on any atom is -0.271 e. The van der Waals surface area contributed by atoms with Gasteiger partial charge < -0.3 is 0 Å². The van der Waals surface area contributed by atoms with E-state index in [1.165, 1.54) is 11.8 Å². The molecule has 0 radical (unpaired) electrons. The number of nitrogens with one attached hydrogen (secondary N) is 1. The molecule has 0 spiro atoms. The van der Waals surface area contributed by atoms with Gasteiger partial charge in [0.15, 0.2) is 0 Å². The van der Waals surface area contributed by atoms with Crippen LogP contribution in [0.15, 0.2) is 47.6 Å². The van der Waals surface area contributed by atoms with Gasteiger partial charge in [-0.1, -0.05) is 50.2 Å². The maximum Gasteiger partial charge on any atom is 0.260 e. The Balaban J connectivity index is 2.09. The average molecular weight is 402 g/mol. The summed E-state index contributed by atoms with van der Waals surface area (Å²) in [7, 11) is -3.62. The fourth-order valence-electron chi connectivity index (χ4n) is 2.70. The fraction of sp³-hybridized carbons (Fsp3) is 0.333. The van der Waals surface area contributed by atoms with Crippen LogP contribution in [0.25, 0.3) is 0 Å². The van der Waals surface area contributed by atoms with Gasteiger partial charge in [-0.15, -0.1) is 0 Å². The molecule has 0 aliphatic rings. The number of hydrogen-bond acceptors (Lipinski definition) is 4. The minimum absolute atomic E-state index is 0.341. The Morgan fingerprint density at radius 2 is 1.79 bits per heavy atom. The van der Waals surface area contributed by atoms with Crippen molar-refractivity contribution in [2.75, 3.05) is 17.1 Å². The van der Waals surface area contributed by atoms with E-state index in [-0.39, 0.29) is 6.54 Å². The molecule has 0 bridgehead atoms. The minimum atomic E-state index is -3.62. The lowest BCUT2D eigenvalue weighted by Gasteiger charge is -2.23. The topological polar surface area (TPSA) is 78.8 Å². The van der Waals surface area contributed by atoms with Gasteiger partial charge in [-0.2, -0.15) is 5.10 Å². The third-order valence-corrected chi connectivity index (χ3v) is 5.66. The number of hydrogen-bond donors (Lipinski definition) is 1. The summed E-state index contributed by atoms with van der Waals surface area (Å²) in [5.74, 6) is -0.0703. The molecule has 2 rings (SSSR count). The Kier molecular flexibility index (Phi) is 6.96. The Morgan fingerprint density at radius 3 is 2.36 bits per heavy atom. The van der Waals surface area contributed by atoms with E-state index in [1.807, 2.05) is 44.2 Å². The van der Waals surface area contributed by atoms with Crippen molar-refractivity contribution in [2.45, 2.75) is 33.6 Å². The van der Waals surface area contributed by atoms with Crippen LogP contribution in [0.2, 0.25) is 0 Å². The molecule has 7 heteroatoms. The smallest absolute Gasteiger partial charge is 0.260 e. The van der Waals surface area contributed by atoms with Crippen LogP contribution < -0.4 is 9.73 Å². The van der Waals surface area contributed by atoms with Gasteiger partial charge in [0.25, 0.3) is 5.91 Å². The standard InChI is InChI=1S/C21H27N3O3S/c1-15(2)19-11-9-18(10-12-19)13-22-23-21(25)14-24(28(5,26)27)20-8-6-7-16(3)17(20)4/h6-13,15H,14H2,1-5H3,(H,23,25)/b22-13-. The maximum atomic E-state index is 12.3. The van der Waals surface area contributed by atoms with Crippen molar-refractivity contribution in [2.24, 2.45) is 5.10 Å². The van der Waals surface area contributed by atoms with Gasteiger partial charge in [0, 0.05) is 0 Å². The van der Waals surface area contributed by atoms with Crippen LogP contribution in [0, 0.1) is 13.8 Å². The molecule has 28 heavy (non-hydrogen) atoms. The average Bonchev–Trinajstić information content (AvgIpc) is 2.62. The van der Waals surface area contributed by atoms with Crippen LogP contribution >= 0.6 is 0 Å². The molecule has 2 aromatic carbocycles. The van der Waals surface area contributed by atoms with Gasteiger partial charge >= 0.3 is 0 Å². The van der Waals surface area contributed by atoms with E-state index < -0.39 is 15.9 Å². The number of benzene rings is 2. The molecule has 0 fully saturated rings. The first-order valence-electron chi connectivity index (χ1n) is 9.05. The molecule has 6 nitrogen and oxygen atoms in total. The second-order valence-electron chi connectivity index (χ2n) is 7.10. The number of carbonyl (C=O) groups excluding carboxylic acids is 1. The molecule has 150 valence electrons. The predicted molar refractivity (Wildman–Crippen MR) is 114 cm³/mol. The van der Waals surface area contributed by atoms with Crippen molar-refractivity contribution in [3.05, 3.63) is 64.7 Å². The number of aryl methyl sites for hydroxylation is 1. The molecule has 2 aromatic rings. The molecule has 0 aliphatic heterocycles. The summed E-state index contributed by atoms with van der Waals surface area (Å²) in [5.41, 5.74) is 6.73. The highest BCUT2D eigenvalue weighted by molar-refractivity contribution is 7.92. The van der Waals surface area contributed by atoms with Gasteiger partial charge in [0.05, 0.1) is 18.2 Å². The van der Waals surface area contributed by atoms with Crippen molar-refractivity contribution in [3.8, 4) is 0 Å². The van der Waals surface area contributed by atoms with Crippen molar-refractivity contribution in [1.29, 1.82) is 0 Å². The Bertz CT molecular complexity index is 965. The summed E-state index contributed by atoms with van der Waals surface area (Å²) in [6.07, 6.45) is 2.62. The summed E-state index contributed by atoms with van der Waals surface area (Å²) in [5, 5.41) is 3.94. The van der Waals surface area contributed by atoms with Crippen LogP contribution in [0.3, 0.4) is 0 Å². The van der Waals surface area contributed by atoms with Crippen molar-refractivity contribution < 1.29 is 13.2 Å². The van der Waals surface area contributed by atoms with Crippen LogP contribution in [0.5, 0.6) is 0 Å². The first kappa shape index (κ1) is 21.6. The molecule has 1 amide bonds. The Hall–Kier alpha value is -2.67. The number of carbonyl (C=O) groups is 1. The monoisotopic (exact) mass is 401 g/mol. The van der Waals surface area contributed by atoms with Crippen molar-refractivity contribution in [3.63, 3.8) is 0 Å². The zero-order chi connectivity index (χ0) is 20.9. The van der Waals surface area contributed by atoms with Crippen molar-refractivity contribution >= 4 is 27.8 Å². The van der Waals surface area contributed by atoms with E-state index >= 15 is 0 Å². The quantitative estimate of drug-likeness (QED) is 0.571. The fourth-order valence-corrected chi connectivity index (χ4v) is 3.61. The molecule has 0 unspecified atom stereocenters. The molecule has 1 N–H and O–H groups in total. The summed E-state index contributed by atoms with van der Waals surface area (Å²) < 4.78 is 25.5. The molecular formula is C21H27N3O3S. The summed E-state index contributed by atoms with van der Waals surface area (Å²) in [4.78, 5) is 12.3. The molecular weight excluding hydrogens is 374 g/mol. The third-order valence-electron chi connectivity index (χ3n) is 4.54. The first-order valence-corrected chi connectivity index (χ1v) is 10.9. The molecule has 0 heterocycles. The Labute approximate surface area is 167 Å². The second-order valence-corrected chi connectivity index (χ2v) is 9.01. The predicted octanol–water partition coefficient (Wildman–Crippen LogP) is 3.34. The summed E-state index contributed by atoms with van der Waals surface area (Å²) >= 11 is 0. The largest absolute Gasteiger partial charge is 0.271 e. The molecule has 0 aliphatic carbocycles. The summed E-state index contributed by atoms with van der Waals surface area (Å²) in [6.45, 7) is 7.63. The zero-order valence-electron chi connectivity index (χ0n) is 16.9. The van der Waals surface area contributed by atoms with Gasteiger partial charge in [0.1, 0.15) is 6.54 Å². The highest BCUT2D eigenvalue weighted by Crippen LogP contribution is 2.24. The van der Waals surface area contributed by atoms with Crippen molar-refractivity contribution in [1.82, 2.24) is 5.43 Å². The van der Waals surface area contributed by atoms with E-state index in [9.17, 15) is 13.2 Å². The van der Waals surface area contributed by atoms with E-state index in [0.717, 1.165) is 27.3 Å². The first-order chi connectivity index (χ1) is 13.1. The molecule has 0 saturated heterocycles. The lowest BCUT2D eigenvalue weighted by atomic mass is 10.0. The second kappa shape index (κ2) is 9.01. The van der Waals surface area contributed by atoms with Gasteiger partial charge in [-0.3, -0.25) is 9.10 Å². The maximum absolute atomic E-state index is 12.3. The van der Waals surface area contributed by atoms with Crippen LogP contribution in [0.4, 0.5) is 5.69 Å². The SMILES string of the molecule is Cc1cccc(N(CC(=O)N/N=C\c2ccc(C(C)C)cc2)S(C)(=O)=O)c1C. The van der Waals surface area contributed by atoms with Gasteiger partial charge in [-0.25, -0.2) is 13.8 Å². The van der Waals surface area contributed by atoms with E-state index in [0.29, 0.717) is 11.6 Å². The van der Waals surface area contributed by atoms with Gasteiger partial charge in [0.2, 0.25) is 10.0 Å². The molecule has 0 aromatic heterocycles. The lowest BCUT2D eigenvalue weighted by Crippen LogP contribution is -2.39. The normalized spacial score (nSPS) is 11.8. The van der Waals surface area contributed by atoms with Crippen LogP contribution in [0.1, 0.15) is 42.0 Å². The van der Waals surface area contributed by atoms with Crippen LogP contribution in [-0.2, 0) is 14.8 Å². The number of nitrogens with zero attached hydrogens (tertiary/aromatic N) is 2. The van der Waals surface area contributed by atoms with E-state index in [1.54, 1.807) is 12.1 Å². The highest BCUT2D eigenvalue weighted by atomic mass is 32.2. The summed E-state index contributed by atoms with van der Waals surface area (Å²) in [6, 6.07) is 13.2. The number of sulfonamides is 1. The highest BCUT2D eigenvalue weighted by Gasteiger charge is 2.22. The number of amides is 1. The number of hydrazone groups is 1. The number of anilines is 1. The molecule has 0 saturated carbocycles.